The van der Waals surface area contributed by atoms with E-state index in [4.69, 9.17) is 16.3 Å². The molecule has 1 aromatic rings. The van der Waals surface area contributed by atoms with Crippen LogP contribution in [0.15, 0.2) is 23.2 Å². The highest BCUT2D eigenvalue weighted by molar-refractivity contribution is 6.30. The molecule has 1 aliphatic heterocycles. The van der Waals surface area contributed by atoms with Crippen LogP contribution in [-0.4, -0.2) is 63.4 Å². The van der Waals surface area contributed by atoms with Gasteiger partial charge in [-0.1, -0.05) is 25.4 Å². The van der Waals surface area contributed by atoms with E-state index < -0.39 is 6.61 Å². The molecule has 1 saturated heterocycles. The average Bonchev–Trinajstić information content (AvgIpc) is 2.63. The molecule has 1 heterocycles. The highest BCUT2D eigenvalue weighted by Crippen LogP contribution is 2.24. The SMILES string of the molecule is CN=C(NCc1cc(Cl)ccc1OC(F)F)NCC1CN(CC(C)C)CCO1. The van der Waals surface area contributed by atoms with Gasteiger partial charge in [0.05, 0.1) is 12.7 Å². The molecule has 0 spiro atoms. The Balaban J connectivity index is 1.86. The standard InChI is InChI=1S/C19H29ClF2N4O2/c1-13(2)11-26-6-7-27-16(12-26)10-25-19(23-3)24-9-14-8-15(20)4-5-17(14)28-18(21)22/h4-5,8,13,16,18H,6-7,9-12H2,1-3H3,(H2,23,24,25). The summed E-state index contributed by atoms with van der Waals surface area (Å²) in [7, 11) is 1.65. The van der Waals surface area contributed by atoms with Crippen molar-refractivity contribution >= 4 is 17.6 Å². The van der Waals surface area contributed by atoms with Crippen molar-refractivity contribution < 1.29 is 18.3 Å². The third-order valence-corrected chi connectivity index (χ3v) is 4.49. The zero-order chi connectivity index (χ0) is 20.5. The first-order valence-electron chi connectivity index (χ1n) is 9.39. The zero-order valence-electron chi connectivity index (χ0n) is 16.6. The maximum atomic E-state index is 12.6. The molecule has 0 bridgehead atoms. The van der Waals surface area contributed by atoms with E-state index in [1.807, 2.05) is 0 Å². The fraction of sp³-hybridized carbons (Fsp3) is 0.632. The molecule has 6 nitrogen and oxygen atoms in total. The van der Waals surface area contributed by atoms with Gasteiger partial charge in [-0.15, -0.1) is 0 Å². The van der Waals surface area contributed by atoms with Crippen molar-refractivity contribution in [3.63, 3.8) is 0 Å². The van der Waals surface area contributed by atoms with Gasteiger partial charge in [-0.2, -0.15) is 8.78 Å². The van der Waals surface area contributed by atoms with Gasteiger partial charge in [0.2, 0.25) is 0 Å². The van der Waals surface area contributed by atoms with E-state index in [-0.39, 0.29) is 18.4 Å². The number of hydrogen-bond acceptors (Lipinski definition) is 4. The van der Waals surface area contributed by atoms with Crippen molar-refractivity contribution in [2.45, 2.75) is 33.1 Å². The molecule has 0 aliphatic carbocycles. The van der Waals surface area contributed by atoms with E-state index in [1.54, 1.807) is 13.1 Å². The van der Waals surface area contributed by atoms with E-state index in [2.05, 4.69) is 39.1 Å². The van der Waals surface area contributed by atoms with Gasteiger partial charge in [-0.05, 0) is 24.1 Å². The Labute approximate surface area is 170 Å². The first-order valence-corrected chi connectivity index (χ1v) is 9.77. The summed E-state index contributed by atoms with van der Waals surface area (Å²) in [6.45, 7) is 5.93. The third kappa shape index (κ3) is 7.77. The molecule has 9 heteroatoms. The van der Waals surface area contributed by atoms with Crippen molar-refractivity contribution in [2.24, 2.45) is 10.9 Å². The molecule has 28 heavy (non-hydrogen) atoms. The predicted molar refractivity (Wildman–Crippen MR) is 107 cm³/mol. The minimum atomic E-state index is -2.89. The summed E-state index contributed by atoms with van der Waals surface area (Å²) in [6, 6.07) is 4.54. The van der Waals surface area contributed by atoms with Crippen molar-refractivity contribution in [3.05, 3.63) is 28.8 Å². The largest absolute Gasteiger partial charge is 0.434 e. The number of aliphatic imine (C=N–C) groups is 1. The van der Waals surface area contributed by atoms with Crippen LogP contribution in [0.2, 0.25) is 5.02 Å². The molecule has 1 atom stereocenters. The maximum Gasteiger partial charge on any atom is 0.387 e. The van der Waals surface area contributed by atoms with Gasteiger partial charge in [0.25, 0.3) is 0 Å². The lowest BCUT2D eigenvalue weighted by atomic mass is 10.2. The van der Waals surface area contributed by atoms with Crippen LogP contribution in [0.5, 0.6) is 5.75 Å². The summed E-state index contributed by atoms with van der Waals surface area (Å²) < 4.78 is 35.5. The second-order valence-electron chi connectivity index (χ2n) is 7.08. The van der Waals surface area contributed by atoms with Crippen LogP contribution in [0.25, 0.3) is 0 Å². The minimum absolute atomic E-state index is 0.0648. The van der Waals surface area contributed by atoms with Crippen molar-refractivity contribution in [1.82, 2.24) is 15.5 Å². The lowest BCUT2D eigenvalue weighted by molar-refractivity contribution is -0.0504. The van der Waals surface area contributed by atoms with E-state index >= 15 is 0 Å². The molecule has 0 radical (unpaired) electrons. The fourth-order valence-electron chi connectivity index (χ4n) is 3.09. The number of morpholine rings is 1. The quantitative estimate of drug-likeness (QED) is 0.502. The van der Waals surface area contributed by atoms with E-state index in [1.165, 1.54) is 12.1 Å². The van der Waals surface area contributed by atoms with Gasteiger partial charge in [-0.25, -0.2) is 0 Å². The lowest BCUT2D eigenvalue weighted by Gasteiger charge is -2.34. The van der Waals surface area contributed by atoms with Crippen LogP contribution in [0.1, 0.15) is 19.4 Å². The summed E-state index contributed by atoms with van der Waals surface area (Å²) in [5, 5.41) is 6.77. The molecule has 1 fully saturated rings. The number of nitrogens with zero attached hydrogens (tertiary/aromatic N) is 2. The molecule has 0 aromatic heterocycles. The number of ether oxygens (including phenoxy) is 2. The summed E-state index contributed by atoms with van der Waals surface area (Å²) in [5.41, 5.74) is 0.521. The summed E-state index contributed by atoms with van der Waals surface area (Å²) in [6.07, 6.45) is 0.0648. The Morgan fingerprint density at radius 3 is 2.86 bits per heavy atom. The second-order valence-corrected chi connectivity index (χ2v) is 7.52. The summed E-state index contributed by atoms with van der Waals surface area (Å²) in [5.74, 6) is 1.25. The van der Waals surface area contributed by atoms with E-state index in [0.29, 0.717) is 35.6 Å². The Morgan fingerprint density at radius 1 is 1.39 bits per heavy atom. The molecule has 1 aliphatic rings. The van der Waals surface area contributed by atoms with Crippen LogP contribution in [0, 0.1) is 5.92 Å². The number of rotatable bonds is 8. The molecule has 1 aromatic carbocycles. The van der Waals surface area contributed by atoms with Gasteiger partial charge in [0.15, 0.2) is 5.96 Å². The highest BCUT2D eigenvalue weighted by atomic mass is 35.5. The minimum Gasteiger partial charge on any atom is -0.434 e. The number of guanidine groups is 1. The zero-order valence-corrected chi connectivity index (χ0v) is 17.3. The topological polar surface area (TPSA) is 58.1 Å². The fourth-order valence-corrected chi connectivity index (χ4v) is 3.29. The Kier molecular flexibility index (Phi) is 9.21. The van der Waals surface area contributed by atoms with Crippen molar-refractivity contribution in [3.8, 4) is 5.75 Å². The second kappa shape index (κ2) is 11.4. The van der Waals surface area contributed by atoms with Crippen LogP contribution in [0.3, 0.4) is 0 Å². The number of alkyl halides is 2. The van der Waals surface area contributed by atoms with Crippen LogP contribution < -0.4 is 15.4 Å². The molecule has 2 rings (SSSR count). The average molecular weight is 419 g/mol. The maximum absolute atomic E-state index is 12.6. The molecule has 0 amide bonds. The third-order valence-electron chi connectivity index (χ3n) is 4.25. The molecule has 0 saturated carbocycles. The van der Waals surface area contributed by atoms with Gasteiger partial charge in [-0.3, -0.25) is 9.89 Å². The molecule has 2 N–H and O–H groups in total. The first kappa shape index (κ1) is 22.6. The number of nitrogens with one attached hydrogen (secondary N) is 2. The van der Waals surface area contributed by atoms with Crippen LogP contribution in [-0.2, 0) is 11.3 Å². The molecule has 158 valence electrons. The normalized spacial score (nSPS) is 18.6. The van der Waals surface area contributed by atoms with Crippen LogP contribution in [0.4, 0.5) is 8.78 Å². The van der Waals surface area contributed by atoms with Gasteiger partial charge < -0.3 is 20.1 Å². The number of halogens is 3. The Bertz CT molecular complexity index is 646. The number of benzene rings is 1. The summed E-state index contributed by atoms with van der Waals surface area (Å²) >= 11 is 5.98. The van der Waals surface area contributed by atoms with Gasteiger partial charge in [0, 0.05) is 50.4 Å². The molecule has 1 unspecified atom stereocenters. The first-order chi connectivity index (χ1) is 13.4. The van der Waals surface area contributed by atoms with Gasteiger partial charge >= 0.3 is 6.61 Å². The number of hydrogen-bond donors (Lipinski definition) is 2. The van der Waals surface area contributed by atoms with E-state index in [9.17, 15) is 8.78 Å². The predicted octanol–water partition coefficient (Wildman–Crippen LogP) is 2.96. The lowest BCUT2D eigenvalue weighted by Crippen LogP contribution is -2.50. The van der Waals surface area contributed by atoms with Crippen molar-refractivity contribution in [2.75, 3.05) is 39.8 Å². The van der Waals surface area contributed by atoms with E-state index in [0.717, 1.165) is 19.6 Å². The summed E-state index contributed by atoms with van der Waals surface area (Å²) in [4.78, 5) is 6.57. The Morgan fingerprint density at radius 2 is 2.18 bits per heavy atom. The molecular formula is C19H29ClF2N4O2. The highest BCUT2D eigenvalue weighted by Gasteiger charge is 2.21. The smallest absolute Gasteiger partial charge is 0.387 e. The van der Waals surface area contributed by atoms with Crippen molar-refractivity contribution in [1.29, 1.82) is 0 Å². The monoisotopic (exact) mass is 418 g/mol. The van der Waals surface area contributed by atoms with Gasteiger partial charge in [0.1, 0.15) is 5.75 Å². The Hall–Kier alpha value is -1.64. The van der Waals surface area contributed by atoms with Crippen LogP contribution >= 0.6 is 11.6 Å². The molecular weight excluding hydrogens is 390 g/mol.